The second-order valence-electron chi connectivity index (χ2n) is 11.5. The predicted molar refractivity (Wildman–Crippen MR) is 145 cm³/mol. The number of carbonyl (C=O) groups excluding carboxylic acids is 2. The van der Waals surface area contributed by atoms with Crippen LogP contribution < -0.4 is 0 Å². The standard InChI is InChI=1S/C30H42N2O2S/c1-6-21(2)32(29(34)23-10-8-7-9-11-23)20-27(33)31-18-16-26-25(17-19-35-26)28(31)22-12-14-24(15-13-22)30(3,4)5/h12-15,17,19,21,23,28H,6-11,16,18,20H2,1-5H3. The van der Waals surface area contributed by atoms with E-state index >= 15 is 0 Å². The maximum absolute atomic E-state index is 13.9. The first-order valence-corrected chi connectivity index (χ1v) is 14.3. The largest absolute Gasteiger partial charge is 0.330 e. The van der Waals surface area contributed by atoms with Crippen LogP contribution in [-0.4, -0.2) is 40.7 Å². The molecular weight excluding hydrogens is 452 g/mol. The van der Waals surface area contributed by atoms with E-state index in [1.165, 1.54) is 22.4 Å². The Balaban J connectivity index is 1.60. The number of rotatable bonds is 6. The van der Waals surface area contributed by atoms with Crippen LogP contribution in [0.25, 0.3) is 0 Å². The molecule has 0 N–H and O–H groups in total. The molecule has 2 unspecified atom stereocenters. The summed E-state index contributed by atoms with van der Waals surface area (Å²) in [5.41, 5.74) is 3.78. The maximum Gasteiger partial charge on any atom is 0.243 e. The van der Waals surface area contributed by atoms with Gasteiger partial charge in [0.25, 0.3) is 0 Å². The van der Waals surface area contributed by atoms with Gasteiger partial charge in [-0.2, -0.15) is 0 Å². The van der Waals surface area contributed by atoms with Crippen molar-refractivity contribution >= 4 is 23.2 Å². The van der Waals surface area contributed by atoms with Crippen LogP contribution in [0.15, 0.2) is 35.7 Å². The zero-order chi connectivity index (χ0) is 25.2. The average molecular weight is 495 g/mol. The minimum Gasteiger partial charge on any atom is -0.330 e. The molecule has 190 valence electrons. The van der Waals surface area contributed by atoms with Gasteiger partial charge in [0.05, 0.1) is 6.04 Å². The first kappa shape index (κ1) is 25.9. The average Bonchev–Trinajstić information content (AvgIpc) is 3.35. The smallest absolute Gasteiger partial charge is 0.243 e. The lowest BCUT2D eigenvalue weighted by Crippen LogP contribution is -2.50. The van der Waals surface area contributed by atoms with Crippen LogP contribution in [0.3, 0.4) is 0 Å². The van der Waals surface area contributed by atoms with E-state index in [1.807, 2.05) is 9.80 Å². The Hall–Kier alpha value is -2.14. The zero-order valence-electron chi connectivity index (χ0n) is 22.2. The van der Waals surface area contributed by atoms with Gasteiger partial charge in [-0.05, 0) is 66.2 Å². The molecule has 1 aliphatic carbocycles. The molecule has 4 rings (SSSR count). The van der Waals surface area contributed by atoms with Gasteiger partial charge in [0.15, 0.2) is 0 Å². The van der Waals surface area contributed by atoms with E-state index in [0.717, 1.165) is 44.1 Å². The number of carbonyl (C=O) groups is 2. The van der Waals surface area contributed by atoms with E-state index in [1.54, 1.807) is 11.3 Å². The van der Waals surface area contributed by atoms with Gasteiger partial charge in [-0.3, -0.25) is 9.59 Å². The molecular formula is C30H42N2O2S. The van der Waals surface area contributed by atoms with Gasteiger partial charge in [0.1, 0.15) is 6.54 Å². The topological polar surface area (TPSA) is 40.6 Å². The highest BCUT2D eigenvalue weighted by molar-refractivity contribution is 7.10. The third kappa shape index (κ3) is 5.66. The molecule has 2 aromatic rings. The lowest BCUT2D eigenvalue weighted by Gasteiger charge is -2.39. The van der Waals surface area contributed by atoms with E-state index in [-0.39, 0.29) is 41.8 Å². The summed E-state index contributed by atoms with van der Waals surface area (Å²) in [6.07, 6.45) is 7.14. The molecule has 4 nitrogen and oxygen atoms in total. The number of nitrogens with zero attached hydrogens (tertiary/aromatic N) is 2. The van der Waals surface area contributed by atoms with Gasteiger partial charge >= 0.3 is 0 Å². The van der Waals surface area contributed by atoms with Crippen LogP contribution in [0.5, 0.6) is 0 Å². The molecule has 0 bridgehead atoms. The second kappa shape index (κ2) is 10.9. The van der Waals surface area contributed by atoms with Gasteiger partial charge in [-0.25, -0.2) is 0 Å². The molecule has 1 aromatic carbocycles. The second-order valence-corrected chi connectivity index (χ2v) is 12.5. The van der Waals surface area contributed by atoms with E-state index in [9.17, 15) is 9.59 Å². The Morgan fingerprint density at radius 3 is 2.40 bits per heavy atom. The number of fused-ring (bicyclic) bond motifs is 1. The molecule has 1 saturated carbocycles. The Morgan fingerprint density at radius 1 is 1.09 bits per heavy atom. The number of benzene rings is 1. The molecule has 2 atom stereocenters. The van der Waals surface area contributed by atoms with Crippen molar-refractivity contribution in [3.05, 3.63) is 57.3 Å². The third-order valence-corrected chi connectivity index (χ3v) is 9.04. The number of thiophene rings is 1. The van der Waals surface area contributed by atoms with Crippen molar-refractivity contribution in [2.24, 2.45) is 5.92 Å². The van der Waals surface area contributed by atoms with Gasteiger partial charge in [-0.1, -0.05) is 71.2 Å². The van der Waals surface area contributed by atoms with Gasteiger partial charge in [0.2, 0.25) is 11.8 Å². The fourth-order valence-electron chi connectivity index (χ4n) is 5.60. The lowest BCUT2D eigenvalue weighted by atomic mass is 9.85. The monoisotopic (exact) mass is 494 g/mol. The molecule has 0 radical (unpaired) electrons. The quantitative estimate of drug-likeness (QED) is 0.447. The number of amides is 2. The molecule has 35 heavy (non-hydrogen) atoms. The fourth-order valence-corrected chi connectivity index (χ4v) is 6.51. The van der Waals surface area contributed by atoms with Crippen molar-refractivity contribution in [1.82, 2.24) is 9.80 Å². The molecule has 1 fully saturated rings. The van der Waals surface area contributed by atoms with Crippen LogP contribution in [0.4, 0.5) is 0 Å². The highest BCUT2D eigenvalue weighted by Crippen LogP contribution is 2.39. The first-order valence-electron chi connectivity index (χ1n) is 13.5. The van der Waals surface area contributed by atoms with Crippen LogP contribution in [0.2, 0.25) is 0 Å². The Morgan fingerprint density at radius 2 is 1.77 bits per heavy atom. The van der Waals surface area contributed by atoms with Gasteiger partial charge < -0.3 is 9.80 Å². The lowest BCUT2D eigenvalue weighted by molar-refractivity contribution is -0.146. The molecule has 1 aromatic heterocycles. The zero-order valence-corrected chi connectivity index (χ0v) is 23.0. The molecule has 1 aliphatic heterocycles. The van der Waals surface area contributed by atoms with Crippen molar-refractivity contribution in [3.63, 3.8) is 0 Å². The van der Waals surface area contributed by atoms with E-state index in [2.05, 4.69) is 70.3 Å². The molecule has 2 aliphatic rings. The molecule has 0 spiro atoms. The normalized spacial score (nSPS) is 19.8. The van der Waals surface area contributed by atoms with Crippen molar-refractivity contribution in [2.45, 2.75) is 97.1 Å². The van der Waals surface area contributed by atoms with Crippen LogP contribution in [0.1, 0.15) is 101 Å². The van der Waals surface area contributed by atoms with E-state index in [0.29, 0.717) is 6.54 Å². The Kier molecular flexibility index (Phi) is 8.05. The van der Waals surface area contributed by atoms with Crippen molar-refractivity contribution in [1.29, 1.82) is 0 Å². The van der Waals surface area contributed by atoms with Crippen molar-refractivity contribution in [3.8, 4) is 0 Å². The number of hydrogen-bond acceptors (Lipinski definition) is 3. The fraction of sp³-hybridized carbons (Fsp3) is 0.600. The van der Waals surface area contributed by atoms with Crippen LogP contribution in [0, 0.1) is 5.92 Å². The SMILES string of the molecule is CCC(C)N(CC(=O)N1CCc2sccc2C1c1ccc(C(C)(C)C)cc1)C(=O)C1CCCCC1. The molecule has 2 heterocycles. The highest BCUT2D eigenvalue weighted by atomic mass is 32.1. The predicted octanol–water partition coefficient (Wildman–Crippen LogP) is 6.73. The highest BCUT2D eigenvalue weighted by Gasteiger charge is 2.36. The molecule has 5 heteroatoms. The third-order valence-electron chi connectivity index (χ3n) is 8.04. The van der Waals surface area contributed by atoms with E-state index < -0.39 is 0 Å². The summed E-state index contributed by atoms with van der Waals surface area (Å²) in [4.78, 5) is 32.7. The molecule has 0 saturated heterocycles. The van der Waals surface area contributed by atoms with Crippen molar-refractivity contribution in [2.75, 3.05) is 13.1 Å². The van der Waals surface area contributed by atoms with Crippen molar-refractivity contribution < 1.29 is 9.59 Å². The maximum atomic E-state index is 13.9. The van der Waals surface area contributed by atoms with Crippen LogP contribution >= 0.6 is 11.3 Å². The van der Waals surface area contributed by atoms with Crippen LogP contribution in [-0.2, 0) is 21.4 Å². The summed E-state index contributed by atoms with van der Waals surface area (Å²) in [6.45, 7) is 11.7. The van der Waals surface area contributed by atoms with E-state index in [4.69, 9.17) is 0 Å². The first-order chi connectivity index (χ1) is 16.7. The summed E-state index contributed by atoms with van der Waals surface area (Å²) in [5.74, 6) is 0.332. The minimum atomic E-state index is -0.0879. The Bertz CT molecular complexity index is 1010. The summed E-state index contributed by atoms with van der Waals surface area (Å²) in [5, 5.41) is 2.15. The van der Waals surface area contributed by atoms with Gasteiger partial charge in [0, 0.05) is 23.4 Å². The summed E-state index contributed by atoms with van der Waals surface area (Å²) in [7, 11) is 0. The summed E-state index contributed by atoms with van der Waals surface area (Å²) in [6, 6.07) is 11.0. The van der Waals surface area contributed by atoms with Gasteiger partial charge in [-0.15, -0.1) is 11.3 Å². The number of hydrogen-bond donors (Lipinski definition) is 0. The Labute approximate surface area is 215 Å². The minimum absolute atomic E-state index is 0.0659. The summed E-state index contributed by atoms with van der Waals surface area (Å²) < 4.78 is 0. The molecule has 2 amide bonds. The summed E-state index contributed by atoms with van der Waals surface area (Å²) >= 11 is 1.79.